The molecular weight excluding hydrogens is 247 g/mol. The second-order valence-corrected chi connectivity index (χ2v) is 4.30. The van der Waals surface area contributed by atoms with Crippen molar-refractivity contribution in [2.45, 2.75) is 19.5 Å². The lowest BCUT2D eigenvalue weighted by Crippen LogP contribution is -2.40. The van der Waals surface area contributed by atoms with Crippen molar-refractivity contribution in [3.05, 3.63) is 18.0 Å². The van der Waals surface area contributed by atoms with Gasteiger partial charge in [0.1, 0.15) is 11.5 Å². The summed E-state index contributed by atoms with van der Waals surface area (Å²) in [5.74, 6) is -0.0423. The maximum atomic E-state index is 12.5. The van der Waals surface area contributed by atoms with E-state index in [-0.39, 0.29) is 17.6 Å². The van der Waals surface area contributed by atoms with Gasteiger partial charge in [0.05, 0.1) is 0 Å². The number of halogens is 3. The molecule has 4 nitrogen and oxygen atoms in total. The highest BCUT2D eigenvalue weighted by Crippen LogP contribution is 2.28. The number of ketones is 1. The van der Waals surface area contributed by atoms with Crippen molar-refractivity contribution in [3.8, 4) is 0 Å². The second kappa shape index (κ2) is 4.55. The van der Waals surface area contributed by atoms with Crippen LogP contribution in [-0.4, -0.2) is 28.8 Å². The van der Waals surface area contributed by atoms with Crippen LogP contribution in [0.15, 0.2) is 12.3 Å². The number of aromatic nitrogens is 2. The van der Waals surface area contributed by atoms with Crippen molar-refractivity contribution >= 4 is 11.7 Å². The van der Waals surface area contributed by atoms with Crippen molar-refractivity contribution < 1.29 is 18.0 Å². The van der Waals surface area contributed by atoms with Gasteiger partial charge in [0.25, 0.3) is 0 Å². The van der Waals surface area contributed by atoms with E-state index < -0.39 is 11.9 Å². The highest BCUT2D eigenvalue weighted by molar-refractivity contribution is 5.83. The molecule has 1 aliphatic heterocycles. The van der Waals surface area contributed by atoms with Crippen LogP contribution in [-0.2, 0) is 11.0 Å². The summed E-state index contributed by atoms with van der Waals surface area (Å²) in [5.41, 5.74) is -0.961. The van der Waals surface area contributed by atoms with E-state index in [0.29, 0.717) is 19.5 Å². The molecule has 0 bridgehead atoms. The topological polar surface area (TPSA) is 46.1 Å². The van der Waals surface area contributed by atoms with Gasteiger partial charge in [-0.1, -0.05) is 6.92 Å². The van der Waals surface area contributed by atoms with E-state index in [0.717, 1.165) is 12.3 Å². The minimum Gasteiger partial charge on any atom is -0.340 e. The molecule has 0 saturated carbocycles. The molecule has 2 heterocycles. The van der Waals surface area contributed by atoms with Gasteiger partial charge in [-0.3, -0.25) is 4.79 Å². The highest BCUT2D eigenvalue weighted by atomic mass is 19.4. The average molecular weight is 259 g/mol. The van der Waals surface area contributed by atoms with Crippen LogP contribution in [0.4, 0.5) is 19.1 Å². The normalized spacial score (nSPS) is 21.2. The van der Waals surface area contributed by atoms with Gasteiger partial charge >= 0.3 is 6.18 Å². The molecule has 0 N–H and O–H groups in total. The third-order valence-corrected chi connectivity index (χ3v) is 2.89. The molecule has 1 fully saturated rings. The summed E-state index contributed by atoms with van der Waals surface area (Å²) in [6.45, 7) is 2.48. The first-order valence-corrected chi connectivity index (χ1v) is 5.56. The molecule has 2 rings (SSSR count). The summed E-state index contributed by atoms with van der Waals surface area (Å²) >= 11 is 0. The summed E-state index contributed by atoms with van der Waals surface area (Å²) < 4.78 is 37.5. The van der Waals surface area contributed by atoms with Crippen LogP contribution in [0.2, 0.25) is 0 Å². The Labute approximate surface area is 102 Å². The lowest BCUT2D eigenvalue weighted by molar-refractivity contribution is -0.141. The molecule has 0 aliphatic carbocycles. The lowest BCUT2D eigenvalue weighted by atomic mass is 9.99. The predicted octanol–water partition coefficient (Wildman–Crippen LogP) is 1.91. The fourth-order valence-electron chi connectivity index (χ4n) is 1.86. The molecule has 1 aromatic heterocycles. The number of piperidine rings is 1. The van der Waals surface area contributed by atoms with Crippen LogP contribution in [0.1, 0.15) is 19.0 Å². The van der Waals surface area contributed by atoms with E-state index in [1.807, 2.05) is 0 Å². The number of hydrogen-bond donors (Lipinski definition) is 0. The maximum Gasteiger partial charge on any atom is 0.433 e. The number of nitrogens with zero attached hydrogens (tertiary/aromatic N) is 3. The van der Waals surface area contributed by atoms with Gasteiger partial charge in [0.15, 0.2) is 0 Å². The van der Waals surface area contributed by atoms with Crippen LogP contribution in [0, 0.1) is 5.92 Å². The van der Waals surface area contributed by atoms with Crippen molar-refractivity contribution in [2.75, 3.05) is 18.0 Å². The Balaban J connectivity index is 2.21. The number of rotatable bonds is 1. The van der Waals surface area contributed by atoms with Gasteiger partial charge in [-0.25, -0.2) is 9.97 Å². The number of carbonyl (C=O) groups excluding carboxylic acids is 1. The zero-order chi connectivity index (χ0) is 13.3. The molecule has 0 spiro atoms. The van der Waals surface area contributed by atoms with Crippen LogP contribution >= 0.6 is 0 Å². The van der Waals surface area contributed by atoms with Crippen LogP contribution in [0.5, 0.6) is 0 Å². The second-order valence-electron chi connectivity index (χ2n) is 4.30. The molecule has 18 heavy (non-hydrogen) atoms. The summed E-state index contributed by atoms with van der Waals surface area (Å²) in [5, 5.41) is 0. The van der Waals surface area contributed by atoms with Gasteiger partial charge in [-0.05, 0) is 6.07 Å². The number of hydrogen-bond acceptors (Lipinski definition) is 4. The molecule has 1 saturated heterocycles. The molecule has 1 aliphatic rings. The van der Waals surface area contributed by atoms with Crippen molar-refractivity contribution in [1.82, 2.24) is 9.97 Å². The molecule has 0 amide bonds. The number of anilines is 1. The quantitative estimate of drug-likeness (QED) is 0.773. The number of alkyl halides is 3. The third kappa shape index (κ3) is 2.60. The summed E-state index contributed by atoms with van der Waals surface area (Å²) in [7, 11) is 0. The fourth-order valence-corrected chi connectivity index (χ4v) is 1.86. The Morgan fingerprint density at radius 2 is 2.17 bits per heavy atom. The summed E-state index contributed by atoms with van der Waals surface area (Å²) in [6.07, 6.45) is -3.07. The molecule has 0 radical (unpaired) electrons. The Bertz CT molecular complexity index is 461. The van der Waals surface area contributed by atoms with Gasteiger partial charge in [0, 0.05) is 31.6 Å². The standard InChI is InChI=1S/C11H12F3N3O/c1-7-6-17(5-3-8(7)18)10-15-4-2-9(16-10)11(12,13)14/h2,4,7H,3,5-6H2,1H3. The SMILES string of the molecule is CC1CN(c2nccc(C(F)(F)F)n2)CCC1=O. The Morgan fingerprint density at radius 3 is 2.78 bits per heavy atom. The smallest absolute Gasteiger partial charge is 0.340 e. The molecule has 0 aromatic carbocycles. The van der Waals surface area contributed by atoms with Crippen molar-refractivity contribution in [2.24, 2.45) is 5.92 Å². The Kier molecular flexibility index (Phi) is 3.23. The minimum atomic E-state index is -4.48. The lowest BCUT2D eigenvalue weighted by Gasteiger charge is -2.30. The monoisotopic (exact) mass is 259 g/mol. The van der Waals surface area contributed by atoms with E-state index in [2.05, 4.69) is 9.97 Å². The first-order chi connectivity index (χ1) is 8.38. The van der Waals surface area contributed by atoms with Gasteiger partial charge in [0.2, 0.25) is 5.95 Å². The molecule has 1 unspecified atom stereocenters. The zero-order valence-corrected chi connectivity index (χ0v) is 9.74. The highest BCUT2D eigenvalue weighted by Gasteiger charge is 2.34. The van der Waals surface area contributed by atoms with E-state index in [1.54, 1.807) is 11.8 Å². The van der Waals surface area contributed by atoms with Crippen molar-refractivity contribution in [3.63, 3.8) is 0 Å². The van der Waals surface area contributed by atoms with E-state index in [9.17, 15) is 18.0 Å². The third-order valence-electron chi connectivity index (χ3n) is 2.89. The molecule has 1 aromatic rings. The fraction of sp³-hybridized carbons (Fsp3) is 0.545. The first kappa shape index (κ1) is 12.8. The van der Waals surface area contributed by atoms with Crippen LogP contribution in [0.25, 0.3) is 0 Å². The van der Waals surface area contributed by atoms with E-state index in [1.165, 1.54) is 0 Å². The molecule has 7 heteroatoms. The van der Waals surface area contributed by atoms with Gasteiger partial charge in [-0.15, -0.1) is 0 Å². The molecule has 1 atom stereocenters. The number of Topliss-reactive ketones (excluding diaryl/α,β-unsaturated/α-hetero) is 1. The predicted molar refractivity (Wildman–Crippen MR) is 58.0 cm³/mol. The maximum absolute atomic E-state index is 12.5. The minimum absolute atomic E-state index is 0.0316. The van der Waals surface area contributed by atoms with Crippen molar-refractivity contribution in [1.29, 1.82) is 0 Å². The largest absolute Gasteiger partial charge is 0.433 e. The van der Waals surface area contributed by atoms with Gasteiger partial charge in [-0.2, -0.15) is 13.2 Å². The zero-order valence-electron chi connectivity index (χ0n) is 9.74. The van der Waals surface area contributed by atoms with Gasteiger partial charge < -0.3 is 4.90 Å². The average Bonchev–Trinajstić information content (AvgIpc) is 2.32. The van der Waals surface area contributed by atoms with E-state index >= 15 is 0 Å². The van der Waals surface area contributed by atoms with E-state index in [4.69, 9.17) is 0 Å². The van der Waals surface area contributed by atoms with Crippen LogP contribution in [0.3, 0.4) is 0 Å². The molecule has 98 valence electrons. The number of carbonyl (C=O) groups is 1. The summed E-state index contributed by atoms with van der Waals surface area (Å²) in [6, 6.07) is 0.835. The van der Waals surface area contributed by atoms with Crippen LogP contribution < -0.4 is 4.90 Å². The molecular formula is C11H12F3N3O. The first-order valence-electron chi connectivity index (χ1n) is 5.56. The summed E-state index contributed by atoms with van der Waals surface area (Å²) in [4.78, 5) is 20.3. The Morgan fingerprint density at radius 1 is 1.44 bits per heavy atom. The Hall–Kier alpha value is -1.66.